The van der Waals surface area contributed by atoms with Gasteiger partial charge in [0.25, 0.3) is 0 Å². The number of fused-ring (bicyclic) bond motifs is 5. The van der Waals surface area contributed by atoms with Gasteiger partial charge in [-0.15, -0.1) is 0 Å². The zero-order valence-electron chi connectivity index (χ0n) is 19.0. The van der Waals surface area contributed by atoms with Gasteiger partial charge >= 0.3 is 6.09 Å². The molecular weight excluding hydrogens is 390 g/mol. The number of ether oxygens (including phenoxy) is 1. The van der Waals surface area contributed by atoms with Gasteiger partial charge < -0.3 is 20.2 Å². The number of allylic oxidation sites excluding steroid dienone is 2. The van der Waals surface area contributed by atoms with Crippen LogP contribution in [0.1, 0.15) is 57.9 Å². The maximum atomic E-state index is 12.3. The first kappa shape index (κ1) is 22.0. The smallest absolute Gasteiger partial charge is 0.409 e. The topological polar surface area (TPSA) is 85.5 Å². The fraction of sp³-hybridized carbons (Fsp3) is 0.640. The number of nitrogens with zero attached hydrogens (tertiary/aromatic N) is 2. The van der Waals surface area contributed by atoms with Gasteiger partial charge in [0.1, 0.15) is 6.79 Å². The van der Waals surface area contributed by atoms with Gasteiger partial charge in [-0.1, -0.05) is 26.0 Å². The first-order chi connectivity index (χ1) is 14.8. The molecule has 2 saturated carbocycles. The summed E-state index contributed by atoms with van der Waals surface area (Å²) in [4.78, 5) is 26.7. The number of amides is 1. The zero-order valence-corrected chi connectivity index (χ0v) is 19.0. The SMILES string of the molecule is C=O.COC(=O)N1CCC2(C)C1CCC1(N)C3CC=C(c4cccnc4)C3(C)CCC21. The van der Waals surface area contributed by atoms with Gasteiger partial charge in [-0.2, -0.15) is 0 Å². The van der Waals surface area contributed by atoms with Crippen molar-refractivity contribution in [1.29, 1.82) is 0 Å². The third-order valence-corrected chi connectivity index (χ3v) is 9.25. The molecule has 6 atom stereocenters. The van der Waals surface area contributed by atoms with Gasteiger partial charge in [0, 0.05) is 30.5 Å². The molecule has 1 aromatic heterocycles. The quantitative estimate of drug-likeness (QED) is 0.733. The van der Waals surface area contributed by atoms with Crippen LogP contribution in [0.4, 0.5) is 4.79 Å². The van der Waals surface area contributed by atoms with Crippen LogP contribution in [0.2, 0.25) is 0 Å². The summed E-state index contributed by atoms with van der Waals surface area (Å²) in [5.74, 6) is 0.900. The predicted octanol–water partition coefficient (Wildman–Crippen LogP) is 4.05. The number of rotatable bonds is 1. The normalized spacial score (nSPS) is 40.6. The Balaban J connectivity index is 0.00000112. The minimum Gasteiger partial charge on any atom is -0.453 e. The zero-order chi connectivity index (χ0) is 22.4. The molecule has 3 fully saturated rings. The van der Waals surface area contributed by atoms with Crippen molar-refractivity contribution in [1.82, 2.24) is 9.88 Å². The van der Waals surface area contributed by atoms with Crippen LogP contribution in [0.25, 0.3) is 5.57 Å². The predicted molar refractivity (Wildman–Crippen MR) is 120 cm³/mol. The molecule has 5 rings (SSSR count). The number of methoxy groups -OCH3 is 1. The van der Waals surface area contributed by atoms with E-state index in [1.807, 2.05) is 30.1 Å². The van der Waals surface area contributed by atoms with Crippen molar-refractivity contribution in [3.8, 4) is 0 Å². The summed E-state index contributed by atoms with van der Waals surface area (Å²) in [7, 11) is 1.49. The Kier molecular flexibility index (Phi) is 5.49. The second kappa shape index (κ2) is 7.73. The first-order valence-electron chi connectivity index (χ1n) is 11.4. The molecule has 1 saturated heterocycles. The van der Waals surface area contributed by atoms with E-state index in [-0.39, 0.29) is 28.5 Å². The third kappa shape index (κ3) is 2.98. The number of nitrogens with two attached hydrogens (primary N) is 1. The molecule has 6 unspecified atom stereocenters. The molecule has 6 nitrogen and oxygen atoms in total. The summed E-state index contributed by atoms with van der Waals surface area (Å²) in [5.41, 5.74) is 10.1. The van der Waals surface area contributed by atoms with Gasteiger partial charge in [-0.25, -0.2) is 4.79 Å². The number of aromatic nitrogens is 1. The fourth-order valence-corrected chi connectivity index (χ4v) is 7.91. The van der Waals surface area contributed by atoms with Crippen LogP contribution in [0.15, 0.2) is 30.6 Å². The summed E-state index contributed by atoms with van der Waals surface area (Å²) in [6, 6.07) is 4.47. The highest BCUT2D eigenvalue weighted by Gasteiger charge is 2.66. The second-order valence-corrected chi connectivity index (χ2v) is 10.2. The first-order valence-corrected chi connectivity index (χ1v) is 11.4. The van der Waals surface area contributed by atoms with Gasteiger partial charge in [0.05, 0.1) is 7.11 Å². The van der Waals surface area contributed by atoms with Gasteiger partial charge in [0.2, 0.25) is 0 Å². The number of likely N-dealkylation sites (tertiary alicyclic amines) is 1. The molecule has 3 aliphatic carbocycles. The van der Waals surface area contributed by atoms with E-state index < -0.39 is 0 Å². The van der Waals surface area contributed by atoms with Crippen molar-refractivity contribution in [2.75, 3.05) is 13.7 Å². The van der Waals surface area contributed by atoms with Gasteiger partial charge in [-0.05, 0) is 78.4 Å². The number of hydrogen-bond donors (Lipinski definition) is 1. The molecule has 31 heavy (non-hydrogen) atoms. The number of carbonyl (C=O) groups excluding carboxylic acids is 2. The van der Waals surface area contributed by atoms with Crippen molar-refractivity contribution in [2.24, 2.45) is 28.4 Å². The van der Waals surface area contributed by atoms with E-state index in [1.54, 1.807) is 0 Å². The number of carbonyl (C=O) groups is 2. The molecule has 2 heterocycles. The summed E-state index contributed by atoms with van der Waals surface area (Å²) in [6.07, 6.45) is 12.4. The molecule has 1 aromatic rings. The lowest BCUT2D eigenvalue weighted by Crippen LogP contribution is -2.68. The van der Waals surface area contributed by atoms with Gasteiger partial charge in [0.15, 0.2) is 0 Å². The molecule has 0 radical (unpaired) electrons. The van der Waals surface area contributed by atoms with Crippen LogP contribution in [-0.4, -0.2) is 48.0 Å². The molecule has 2 N–H and O–H groups in total. The number of hydrogen-bond acceptors (Lipinski definition) is 5. The van der Waals surface area contributed by atoms with Crippen LogP contribution < -0.4 is 5.73 Å². The maximum absolute atomic E-state index is 12.3. The summed E-state index contributed by atoms with van der Waals surface area (Å²) in [5, 5.41) is 0. The molecule has 6 heteroatoms. The lowest BCUT2D eigenvalue weighted by molar-refractivity contribution is -0.0980. The third-order valence-electron chi connectivity index (χ3n) is 9.25. The average Bonchev–Trinajstić information content (AvgIpc) is 3.32. The van der Waals surface area contributed by atoms with E-state index in [2.05, 4.69) is 31.0 Å². The molecule has 1 amide bonds. The van der Waals surface area contributed by atoms with Crippen LogP contribution >= 0.6 is 0 Å². The van der Waals surface area contributed by atoms with Crippen molar-refractivity contribution < 1.29 is 14.3 Å². The maximum Gasteiger partial charge on any atom is 0.409 e. The van der Waals surface area contributed by atoms with Crippen LogP contribution in [0.5, 0.6) is 0 Å². The Morgan fingerprint density at radius 3 is 2.68 bits per heavy atom. The Hall–Kier alpha value is -2.21. The molecular formula is C25H35N3O3. The second-order valence-electron chi connectivity index (χ2n) is 10.2. The summed E-state index contributed by atoms with van der Waals surface area (Å²) in [6.45, 7) is 7.61. The Labute approximate surface area is 185 Å². The van der Waals surface area contributed by atoms with E-state index in [9.17, 15) is 4.79 Å². The van der Waals surface area contributed by atoms with Crippen molar-refractivity contribution in [3.05, 3.63) is 36.2 Å². The van der Waals surface area contributed by atoms with Crippen LogP contribution in [-0.2, 0) is 9.53 Å². The van der Waals surface area contributed by atoms with Gasteiger partial charge in [-0.3, -0.25) is 4.98 Å². The lowest BCUT2D eigenvalue weighted by atomic mass is 9.45. The summed E-state index contributed by atoms with van der Waals surface area (Å²) >= 11 is 0. The molecule has 4 aliphatic rings. The van der Waals surface area contributed by atoms with Crippen molar-refractivity contribution >= 4 is 18.5 Å². The van der Waals surface area contributed by atoms with Crippen LogP contribution in [0, 0.1) is 22.7 Å². The van der Waals surface area contributed by atoms with E-state index in [0.29, 0.717) is 11.8 Å². The largest absolute Gasteiger partial charge is 0.453 e. The molecule has 1 aliphatic heterocycles. The highest BCUT2D eigenvalue weighted by Crippen LogP contribution is 2.67. The van der Waals surface area contributed by atoms with E-state index in [4.69, 9.17) is 15.3 Å². The molecule has 0 bridgehead atoms. The van der Waals surface area contributed by atoms with E-state index in [0.717, 1.165) is 45.1 Å². The monoisotopic (exact) mass is 425 g/mol. The Morgan fingerprint density at radius 2 is 2.00 bits per heavy atom. The van der Waals surface area contributed by atoms with E-state index in [1.165, 1.54) is 18.2 Å². The Morgan fingerprint density at radius 1 is 1.23 bits per heavy atom. The average molecular weight is 426 g/mol. The highest BCUT2D eigenvalue weighted by molar-refractivity contribution is 5.73. The molecule has 168 valence electrons. The van der Waals surface area contributed by atoms with Crippen LogP contribution in [0.3, 0.4) is 0 Å². The lowest BCUT2D eigenvalue weighted by Gasteiger charge is -2.62. The minimum atomic E-state index is -0.176. The highest BCUT2D eigenvalue weighted by atomic mass is 16.5. The molecule has 0 aromatic carbocycles. The van der Waals surface area contributed by atoms with Crippen molar-refractivity contribution in [3.63, 3.8) is 0 Å². The van der Waals surface area contributed by atoms with E-state index >= 15 is 0 Å². The summed E-state index contributed by atoms with van der Waals surface area (Å²) < 4.78 is 5.08. The fourth-order valence-electron chi connectivity index (χ4n) is 7.91. The minimum absolute atomic E-state index is 0.0829. The van der Waals surface area contributed by atoms with Crippen molar-refractivity contribution in [2.45, 2.75) is 64.0 Å². The standard InChI is InChI=1S/C24H33N3O2.CH2O/c1-22-10-8-19-23(2)12-14-27(21(28)29-3)20(23)9-11-24(19,25)18(22)7-6-17(22)16-5-4-13-26-15-16;1-2/h4-6,13,15,18-20H,7-12,14,25H2,1-3H3;1H2. The Bertz CT molecular complexity index is 874. The number of pyridine rings is 1. The molecule has 0 spiro atoms.